The summed E-state index contributed by atoms with van der Waals surface area (Å²) in [7, 11) is -4.82. The number of aromatic amines is 1. The molecule has 1 aromatic rings. The molecule has 4 atom stereocenters. The molecule has 0 aromatic carbocycles. The summed E-state index contributed by atoms with van der Waals surface area (Å²) in [6, 6.07) is 0.964. The van der Waals surface area contributed by atoms with E-state index < -0.39 is 50.2 Å². The molecule has 0 bridgehead atoms. The molecule has 2 heterocycles. The highest BCUT2D eigenvalue weighted by atomic mass is 31.2. The molecule has 0 radical (unpaired) electrons. The topological polar surface area (TPSA) is 160 Å². The minimum Gasteiger partial charge on any atom is -0.387 e. The van der Waals surface area contributed by atoms with Gasteiger partial charge in [0.05, 0.1) is 6.61 Å². The number of hydrogen-bond donors (Lipinski definition) is 4. The number of halogens is 1. The van der Waals surface area contributed by atoms with Gasteiger partial charge in [0.25, 0.3) is 5.56 Å². The maximum Gasteiger partial charge on any atom is 0.469 e. The fraction of sp³-hybridized carbons (Fsp3) is 0.556. The van der Waals surface area contributed by atoms with Gasteiger partial charge in [-0.3, -0.25) is 18.9 Å². The van der Waals surface area contributed by atoms with E-state index in [0.717, 1.165) is 16.8 Å². The zero-order valence-corrected chi connectivity index (χ0v) is 11.6. The lowest BCUT2D eigenvalue weighted by Gasteiger charge is -2.17. The Morgan fingerprint density at radius 1 is 1.45 bits per heavy atom. The molecule has 0 aliphatic carbocycles. The second-order valence-electron chi connectivity index (χ2n) is 4.41. The monoisotopic (exact) mass is 342 g/mol. The Bertz CT molecular complexity index is 684. The maximum absolute atomic E-state index is 12.6. The lowest BCUT2D eigenvalue weighted by atomic mass is 10.1. The van der Waals surface area contributed by atoms with Crippen LogP contribution in [0, 0.1) is 0 Å². The number of aromatic nitrogens is 2. The molecule has 13 heteroatoms. The van der Waals surface area contributed by atoms with Crippen LogP contribution in [-0.2, 0) is 18.8 Å². The number of hydrogen-bond acceptors (Lipinski definition) is 7. The van der Waals surface area contributed by atoms with Crippen LogP contribution < -0.4 is 11.2 Å². The fourth-order valence-corrected chi connectivity index (χ4v) is 2.32. The third-order valence-electron chi connectivity index (χ3n) is 2.95. The second-order valence-corrected chi connectivity index (χ2v) is 5.65. The van der Waals surface area contributed by atoms with E-state index in [4.69, 9.17) is 14.5 Å². The zero-order valence-electron chi connectivity index (χ0n) is 10.7. The molecule has 4 N–H and O–H groups in total. The van der Waals surface area contributed by atoms with E-state index in [2.05, 4.69) is 9.47 Å². The van der Waals surface area contributed by atoms with Crippen molar-refractivity contribution in [2.45, 2.75) is 24.5 Å². The molecule has 11 nitrogen and oxygen atoms in total. The van der Waals surface area contributed by atoms with Crippen molar-refractivity contribution in [1.29, 1.82) is 0 Å². The highest BCUT2D eigenvalue weighted by Crippen LogP contribution is 2.38. The van der Waals surface area contributed by atoms with Crippen LogP contribution in [0.5, 0.6) is 0 Å². The Kier molecular flexibility index (Phi) is 4.92. The lowest BCUT2D eigenvalue weighted by molar-refractivity contribution is -0.221. The summed E-state index contributed by atoms with van der Waals surface area (Å²) in [5.74, 6) is 0. The molecule has 0 amide bonds. The van der Waals surface area contributed by atoms with Crippen molar-refractivity contribution in [1.82, 2.24) is 9.55 Å². The van der Waals surface area contributed by atoms with Crippen LogP contribution >= 0.6 is 7.82 Å². The van der Waals surface area contributed by atoms with Crippen LogP contribution in [0.4, 0.5) is 4.53 Å². The first-order valence-corrected chi connectivity index (χ1v) is 7.38. The minimum absolute atomic E-state index is 0.695. The van der Waals surface area contributed by atoms with E-state index in [1.807, 2.05) is 4.98 Å². The first kappa shape index (κ1) is 17.0. The summed E-state index contributed by atoms with van der Waals surface area (Å²) in [6.45, 7) is -0.764. The SMILES string of the molecule is O=c1ccn([C@@H]2O[C@H](COP(=O)(O)O)[C@H](O)[C@H]2OF)c(=O)[nH]1. The zero-order chi connectivity index (χ0) is 16.5. The standard InChI is InChI=1S/C9H12FN2O9P/c10-21-7-6(14)4(3-19-22(16,17)18)20-8(7)12-2-1-5(13)11-9(12)15/h1-2,4,6-8,14H,3H2,(H,11,13,15)(H2,16,17,18)/t4-,6+,7-,8-/m1/s1. The largest absolute Gasteiger partial charge is 0.469 e. The van der Waals surface area contributed by atoms with Gasteiger partial charge in [-0.15, -0.1) is 0 Å². The molecular weight excluding hydrogens is 330 g/mol. The first-order chi connectivity index (χ1) is 10.2. The minimum atomic E-state index is -4.82. The average molecular weight is 342 g/mol. The first-order valence-electron chi connectivity index (χ1n) is 5.85. The van der Waals surface area contributed by atoms with Gasteiger partial charge in [0.15, 0.2) is 12.3 Å². The van der Waals surface area contributed by atoms with Gasteiger partial charge in [-0.1, -0.05) is 0 Å². The van der Waals surface area contributed by atoms with Crippen molar-refractivity contribution in [2.24, 2.45) is 0 Å². The number of aliphatic hydroxyl groups excluding tert-OH is 1. The molecule has 22 heavy (non-hydrogen) atoms. The fourth-order valence-electron chi connectivity index (χ4n) is 1.97. The van der Waals surface area contributed by atoms with E-state index in [-0.39, 0.29) is 0 Å². The van der Waals surface area contributed by atoms with Crippen LogP contribution in [-0.4, -0.2) is 49.4 Å². The summed E-state index contributed by atoms with van der Waals surface area (Å²) in [6.07, 6.45) is -5.15. The molecule has 124 valence electrons. The van der Waals surface area contributed by atoms with Gasteiger partial charge in [-0.2, -0.15) is 4.94 Å². The third-order valence-corrected chi connectivity index (χ3v) is 3.43. The molecule has 1 aliphatic heterocycles. The van der Waals surface area contributed by atoms with Crippen LogP contribution in [0.1, 0.15) is 6.23 Å². The number of H-pyrrole nitrogens is 1. The van der Waals surface area contributed by atoms with Crippen molar-refractivity contribution in [3.63, 3.8) is 0 Å². The van der Waals surface area contributed by atoms with Gasteiger partial charge in [0, 0.05) is 12.3 Å². The van der Waals surface area contributed by atoms with Crippen molar-refractivity contribution in [2.75, 3.05) is 6.61 Å². The Hall–Kier alpha value is -1.40. The van der Waals surface area contributed by atoms with Gasteiger partial charge in [0.2, 0.25) is 0 Å². The molecular formula is C9H12FN2O9P. The molecule has 1 saturated heterocycles. The number of phosphoric acid groups is 1. The van der Waals surface area contributed by atoms with Crippen molar-refractivity contribution in [3.05, 3.63) is 33.1 Å². The predicted molar refractivity (Wildman–Crippen MR) is 65.2 cm³/mol. The molecule has 0 saturated carbocycles. The number of nitrogens with one attached hydrogen (secondary N) is 1. The normalized spacial score (nSPS) is 28.9. The number of aliphatic hydroxyl groups is 1. The molecule has 1 fully saturated rings. The highest BCUT2D eigenvalue weighted by molar-refractivity contribution is 7.46. The Labute approximate surface area is 121 Å². The van der Waals surface area contributed by atoms with Crippen molar-refractivity contribution in [3.8, 4) is 0 Å². The van der Waals surface area contributed by atoms with Gasteiger partial charge in [-0.25, -0.2) is 9.36 Å². The van der Waals surface area contributed by atoms with Gasteiger partial charge in [-0.05, 0) is 4.53 Å². The number of rotatable bonds is 5. The van der Waals surface area contributed by atoms with E-state index in [1.165, 1.54) is 0 Å². The second kappa shape index (κ2) is 6.38. The molecule has 0 unspecified atom stereocenters. The third kappa shape index (κ3) is 3.67. The number of phosphoric ester groups is 1. The number of nitrogens with zero attached hydrogens (tertiary/aromatic N) is 1. The van der Waals surface area contributed by atoms with Crippen LogP contribution in [0.2, 0.25) is 0 Å². The quantitative estimate of drug-likeness (QED) is 0.451. The van der Waals surface area contributed by atoms with E-state index in [1.54, 1.807) is 0 Å². The smallest absolute Gasteiger partial charge is 0.387 e. The van der Waals surface area contributed by atoms with Gasteiger partial charge in [0.1, 0.15) is 12.2 Å². The average Bonchev–Trinajstić information content (AvgIpc) is 2.72. The van der Waals surface area contributed by atoms with Crippen molar-refractivity contribution >= 4 is 7.82 Å². The Morgan fingerprint density at radius 3 is 2.68 bits per heavy atom. The molecule has 2 rings (SSSR count). The summed E-state index contributed by atoms with van der Waals surface area (Å²) in [5.41, 5.74) is -1.64. The van der Waals surface area contributed by atoms with E-state index in [9.17, 15) is 23.8 Å². The van der Waals surface area contributed by atoms with Crippen LogP contribution in [0.15, 0.2) is 21.9 Å². The van der Waals surface area contributed by atoms with E-state index >= 15 is 0 Å². The molecule has 1 aliphatic rings. The Morgan fingerprint density at radius 2 is 2.14 bits per heavy atom. The van der Waals surface area contributed by atoms with Crippen LogP contribution in [0.3, 0.4) is 0 Å². The summed E-state index contributed by atoms with van der Waals surface area (Å²) in [5, 5.41) is 9.81. The summed E-state index contributed by atoms with van der Waals surface area (Å²) < 4.78 is 33.3. The summed E-state index contributed by atoms with van der Waals surface area (Å²) in [4.78, 5) is 45.3. The van der Waals surface area contributed by atoms with E-state index in [0.29, 0.717) is 0 Å². The van der Waals surface area contributed by atoms with Crippen LogP contribution in [0.25, 0.3) is 0 Å². The highest BCUT2D eigenvalue weighted by Gasteiger charge is 2.47. The van der Waals surface area contributed by atoms with Gasteiger partial charge >= 0.3 is 13.5 Å². The molecule has 1 aromatic heterocycles. The Balaban J connectivity index is 2.23. The predicted octanol–water partition coefficient (Wildman–Crippen LogP) is -1.83. The lowest BCUT2D eigenvalue weighted by Crippen LogP contribution is -2.38. The molecule has 0 spiro atoms. The van der Waals surface area contributed by atoms with Gasteiger partial charge < -0.3 is 19.6 Å². The summed E-state index contributed by atoms with van der Waals surface area (Å²) >= 11 is 0. The maximum atomic E-state index is 12.6. The number of ether oxygens (including phenoxy) is 1. The van der Waals surface area contributed by atoms with Crippen molar-refractivity contribution < 1.29 is 38.2 Å².